The number of nitrogens with zero attached hydrogens (tertiary/aromatic N) is 1. The molecule has 4 nitrogen and oxygen atoms in total. The molecule has 4 heteroatoms. The van der Waals surface area contributed by atoms with Gasteiger partial charge in [0.2, 0.25) is 6.10 Å². The molecule has 0 spiro atoms. The molecule has 0 aromatic carbocycles. The first-order valence-electron chi connectivity index (χ1n) is 3.53. The molecule has 0 saturated carbocycles. The van der Waals surface area contributed by atoms with Crippen molar-refractivity contribution < 1.29 is 14.3 Å². The molecular formula is C8H13NO3. The van der Waals surface area contributed by atoms with Crippen molar-refractivity contribution in [3.63, 3.8) is 0 Å². The topological polar surface area (TPSA) is 49.9 Å². The Balaban J connectivity index is 0.000000261. The largest absolute Gasteiger partial charge is 0.446 e. The van der Waals surface area contributed by atoms with Crippen LogP contribution in [0.1, 0.15) is 0 Å². The molecule has 0 aliphatic carbocycles. The van der Waals surface area contributed by atoms with Gasteiger partial charge in [0, 0.05) is 6.54 Å². The second-order valence-electron chi connectivity index (χ2n) is 2.56. The molecule has 0 aromatic heterocycles. The number of allylic oxidation sites excluding steroid dienone is 1. The smallest absolute Gasteiger partial charge is 0.349 e. The molecular weight excluding hydrogens is 158 g/mol. The van der Waals surface area contributed by atoms with Gasteiger partial charge in [0.05, 0.1) is 0 Å². The predicted octanol–water partition coefficient (Wildman–Crippen LogP) is -0.155. The van der Waals surface area contributed by atoms with E-state index in [1.54, 1.807) is 0 Å². The van der Waals surface area contributed by atoms with Crippen molar-refractivity contribution in [3.05, 3.63) is 12.7 Å². The van der Waals surface area contributed by atoms with Crippen molar-refractivity contribution in [1.29, 1.82) is 0 Å². The molecule has 1 fully saturated rings. The first kappa shape index (κ1) is 10.8. The highest BCUT2D eigenvalue weighted by Crippen LogP contribution is 2.11. The maximum atomic E-state index is 10.2. The van der Waals surface area contributed by atoms with E-state index in [1.807, 2.05) is 19.0 Å². The van der Waals surface area contributed by atoms with Crippen LogP contribution >= 0.6 is 0 Å². The SMILES string of the molecule is C=CC=O.CN(C)CC1OC1=O. The molecule has 12 heavy (non-hydrogen) atoms. The number of aldehydes is 1. The Morgan fingerprint density at radius 3 is 2.17 bits per heavy atom. The quantitative estimate of drug-likeness (QED) is 0.336. The molecule has 1 aliphatic rings. The number of epoxide rings is 1. The lowest BCUT2D eigenvalue weighted by Crippen LogP contribution is -2.18. The number of ether oxygens (including phenoxy) is 1. The van der Waals surface area contributed by atoms with Gasteiger partial charge in [-0.3, -0.25) is 4.79 Å². The van der Waals surface area contributed by atoms with Gasteiger partial charge < -0.3 is 9.64 Å². The van der Waals surface area contributed by atoms with Crippen LogP contribution in [0.15, 0.2) is 12.7 Å². The third-order valence-corrected chi connectivity index (χ3v) is 1.09. The van der Waals surface area contributed by atoms with E-state index in [1.165, 1.54) is 6.08 Å². The Morgan fingerprint density at radius 2 is 2.08 bits per heavy atom. The zero-order chi connectivity index (χ0) is 9.56. The Morgan fingerprint density at radius 1 is 1.67 bits per heavy atom. The van der Waals surface area contributed by atoms with Gasteiger partial charge in [0.25, 0.3) is 0 Å². The van der Waals surface area contributed by atoms with Gasteiger partial charge >= 0.3 is 5.97 Å². The fraction of sp³-hybridized carbons (Fsp3) is 0.500. The number of carbonyl (C=O) groups is 2. The second-order valence-corrected chi connectivity index (χ2v) is 2.56. The molecule has 1 unspecified atom stereocenters. The Kier molecular flexibility index (Phi) is 4.96. The molecule has 1 atom stereocenters. The van der Waals surface area contributed by atoms with Crippen molar-refractivity contribution in [2.45, 2.75) is 6.10 Å². The summed E-state index contributed by atoms with van der Waals surface area (Å²) in [5.41, 5.74) is 0. The van der Waals surface area contributed by atoms with Crippen molar-refractivity contribution in [3.8, 4) is 0 Å². The van der Waals surface area contributed by atoms with Gasteiger partial charge in [-0.05, 0) is 20.2 Å². The zero-order valence-electron chi connectivity index (χ0n) is 7.32. The van der Waals surface area contributed by atoms with Crippen LogP contribution in [0.2, 0.25) is 0 Å². The molecule has 0 N–H and O–H groups in total. The van der Waals surface area contributed by atoms with E-state index in [0.29, 0.717) is 6.29 Å². The highest BCUT2D eigenvalue weighted by molar-refractivity contribution is 5.87. The van der Waals surface area contributed by atoms with Gasteiger partial charge in [0.1, 0.15) is 6.29 Å². The molecule has 1 heterocycles. The van der Waals surface area contributed by atoms with E-state index in [4.69, 9.17) is 4.79 Å². The number of likely N-dealkylation sites (N-methyl/N-ethyl adjacent to an activating group) is 1. The van der Waals surface area contributed by atoms with Crippen molar-refractivity contribution in [2.24, 2.45) is 0 Å². The van der Waals surface area contributed by atoms with Crippen LogP contribution in [-0.2, 0) is 14.3 Å². The zero-order valence-corrected chi connectivity index (χ0v) is 7.32. The van der Waals surface area contributed by atoms with Crippen LogP contribution in [0.4, 0.5) is 0 Å². The van der Waals surface area contributed by atoms with Crippen molar-refractivity contribution >= 4 is 12.3 Å². The fourth-order valence-corrected chi connectivity index (χ4v) is 0.550. The van der Waals surface area contributed by atoms with E-state index in [0.717, 1.165) is 6.54 Å². The molecule has 0 amide bonds. The van der Waals surface area contributed by atoms with E-state index in [2.05, 4.69) is 11.3 Å². The number of hydrogen-bond donors (Lipinski definition) is 0. The monoisotopic (exact) mass is 171 g/mol. The Labute approximate surface area is 71.8 Å². The third-order valence-electron chi connectivity index (χ3n) is 1.09. The minimum atomic E-state index is -0.120. The Bertz CT molecular complexity index is 171. The summed E-state index contributed by atoms with van der Waals surface area (Å²) in [5.74, 6) is -0.0706. The summed E-state index contributed by atoms with van der Waals surface area (Å²) < 4.78 is 4.55. The molecule has 1 aliphatic heterocycles. The molecule has 0 radical (unpaired) electrons. The Hall–Kier alpha value is -1.16. The summed E-state index contributed by atoms with van der Waals surface area (Å²) in [7, 11) is 3.82. The van der Waals surface area contributed by atoms with Gasteiger partial charge in [-0.15, -0.1) is 0 Å². The number of cyclic esters (lactones) is 1. The maximum Gasteiger partial charge on any atom is 0.349 e. The number of rotatable bonds is 3. The van der Waals surface area contributed by atoms with E-state index < -0.39 is 0 Å². The van der Waals surface area contributed by atoms with E-state index in [-0.39, 0.29) is 12.1 Å². The van der Waals surface area contributed by atoms with Crippen molar-refractivity contribution in [1.82, 2.24) is 4.90 Å². The summed E-state index contributed by atoms with van der Waals surface area (Å²) in [5, 5.41) is 0. The van der Waals surface area contributed by atoms with E-state index >= 15 is 0 Å². The minimum Gasteiger partial charge on any atom is -0.446 e. The van der Waals surface area contributed by atoms with Gasteiger partial charge in [-0.2, -0.15) is 0 Å². The third kappa shape index (κ3) is 5.61. The first-order valence-corrected chi connectivity index (χ1v) is 3.53. The highest BCUT2D eigenvalue weighted by atomic mass is 16.6. The number of hydrogen-bond acceptors (Lipinski definition) is 4. The average molecular weight is 171 g/mol. The van der Waals surface area contributed by atoms with Gasteiger partial charge in [0.15, 0.2) is 0 Å². The second kappa shape index (κ2) is 5.49. The van der Waals surface area contributed by atoms with Crippen LogP contribution in [0.25, 0.3) is 0 Å². The van der Waals surface area contributed by atoms with Crippen LogP contribution < -0.4 is 0 Å². The fourth-order valence-electron chi connectivity index (χ4n) is 0.550. The minimum absolute atomic E-state index is 0.0706. The molecule has 1 rings (SSSR count). The molecule has 0 aromatic rings. The lowest BCUT2D eigenvalue weighted by atomic mass is 10.4. The van der Waals surface area contributed by atoms with Crippen LogP contribution in [-0.4, -0.2) is 43.9 Å². The van der Waals surface area contributed by atoms with Crippen LogP contribution in [0, 0.1) is 0 Å². The summed E-state index contributed by atoms with van der Waals surface area (Å²) in [6.45, 7) is 3.83. The summed E-state index contributed by atoms with van der Waals surface area (Å²) in [6.07, 6.45) is 1.71. The first-order chi connectivity index (χ1) is 5.61. The summed E-state index contributed by atoms with van der Waals surface area (Å²) in [4.78, 5) is 21.2. The standard InChI is InChI=1S/C5H9NO2.C3H4O/c1-6(2)3-4-5(7)8-4;1-2-3-4/h4H,3H2,1-2H3;2-3H,1H2. The average Bonchev–Trinajstić information content (AvgIpc) is 2.66. The number of carbonyl (C=O) groups excluding carboxylic acids is 2. The van der Waals surface area contributed by atoms with Crippen LogP contribution in [0.3, 0.4) is 0 Å². The molecule has 0 bridgehead atoms. The van der Waals surface area contributed by atoms with Crippen molar-refractivity contribution in [2.75, 3.05) is 20.6 Å². The van der Waals surface area contributed by atoms with Crippen LogP contribution in [0.5, 0.6) is 0 Å². The maximum absolute atomic E-state index is 10.2. The highest BCUT2D eigenvalue weighted by Gasteiger charge is 2.37. The lowest BCUT2D eigenvalue weighted by molar-refractivity contribution is -0.117. The van der Waals surface area contributed by atoms with Gasteiger partial charge in [-0.1, -0.05) is 6.58 Å². The summed E-state index contributed by atoms with van der Waals surface area (Å²) >= 11 is 0. The lowest BCUT2D eigenvalue weighted by Gasteiger charge is -2.02. The predicted molar refractivity (Wildman–Crippen MR) is 44.7 cm³/mol. The van der Waals surface area contributed by atoms with E-state index in [9.17, 15) is 4.79 Å². The summed E-state index contributed by atoms with van der Waals surface area (Å²) in [6, 6.07) is 0. The van der Waals surface area contributed by atoms with Gasteiger partial charge in [-0.25, -0.2) is 4.79 Å². The molecule has 68 valence electrons. The molecule has 1 saturated heterocycles. The normalized spacial score (nSPS) is 18.9.